The molecule has 0 spiro atoms. The topological polar surface area (TPSA) is 41.1 Å². The third-order valence-electron chi connectivity index (χ3n) is 3.32. The van der Waals surface area contributed by atoms with E-state index >= 15 is 0 Å². The van der Waals surface area contributed by atoms with Crippen LogP contribution in [-0.4, -0.2) is 25.0 Å². The Kier molecular flexibility index (Phi) is 4.37. The molecule has 1 aromatic rings. The van der Waals surface area contributed by atoms with Gasteiger partial charge in [-0.25, -0.2) is 0 Å². The Balaban J connectivity index is 1.85. The maximum absolute atomic E-state index is 12.0. The van der Waals surface area contributed by atoms with E-state index in [-0.39, 0.29) is 5.91 Å². The van der Waals surface area contributed by atoms with Crippen molar-refractivity contribution in [3.8, 4) is 0 Å². The van der Waals surface area contributed by atoms with Crippen LogP contribution < -0.4 is 10.6 Å². The number of benzene rings is 1. The quantitative estimate of drug-likeness (QED) is 0.779. The molecule has 0 unspecified atom stereocenters. The molecule has 2 rings (SSSR count). The van der Waals surface area contributed by atoms with Crippen LogP contribution in [0.3, 0.4) is 0 Å². The van der Waals surface area contributed by atoms with Crippen molar-refractivity contribution < 1.29 is 4.79 Å². The van der Waals surface area contributed by atoms with Gasteiger partial charge < -0.3 is 10.6 Å². The second-order valence-corrected chi connectivity index (χ2v) is 5.20. The van der Waals surface area contributed by atoms with Crippen molar-refractivity contribution in [3.63, 3.8) is 0 Å². The molecule has 0 radical (unpaired) electrons. The number of carbonyl (C=O) groups is 1. The molecule has 1 aromatic carbocycles. The molecule has 0 saturated carbocycles. The fourth-order valence-corrected chi connectivity index (χ4v) is 2.35. The van der Waals surface area contributed by atoms with E-state index in [1.54, 1.807) is 0 Å². The van der Waals surface area contributed by atoms with Gasteiger partial charge in [-0.1, -0.05) is 19.9 Å². The zero-order valence-electron chi connectivity index (χ0n) is 11.3. The molecule has 1 aliphatic rings. The fourth-order valence-electron chi connectivity index (χ4n) is 2.35. The summed E-state index contributed by atoms with van der Waals surface area (Å²) in [5, 5.41) is 6.22. The Bertz CT molecular complexity index is 427. The summed E-state index contributed by atoms with van der Waals surface area (Å²) in [4.78, 5) is 12.0. The van der Waals surface area contributed by atoms with Crippen molar-refractivity contribution >= 4 is 5.91 Å². The molecular formula is C15H22N2O. The first-order chi connectivity index (χ1) is 8.66. The van der Waals surface area contributed by atoms with Crippen LogP contribution >= 0.6 is 0 Å². The minimum absolute atomic E-state index is 0.0373. The summed E-state index contributed by atoms with van der Waals surface area (Å²) in [6, 6.07) is 6.55. The number of hydrogen-bond donors (Lipinski definition) is 2. The van der Waals surface area contributed by atoms with E-state index in [0.717, 1.165) is 24.9 Å². The molecule has 98 valence electrons. The van der Waals surface area contributed by atoms with E-state index in [2.05, 4.69) is 30.5 Å². The van der Waals surface area contributed by atoms with Gasteiger partial charge in [-0.3, -0.25) is 4.79 Å². The molecule has 0 bridgehead atoms. The highest BCUT2D eigenvalue weighted by Gasteiger charge is 2.13. The van der Waals surface area contributed by atoms with Gasteiger partial charge in [0.05, 0.1) is 0 Å². The number of aryl methyl sites for hydroxylation is 2. The Hall–Kier alpha value is -1.35. The Morgan fingerprint density at radius 3 is 2.78 bits per heavy atom. The van der Waals surface area contributed by atoms with Gasteiger partial charge in [-0.15, -0.1) is 0 Å². The van der Waals surface area contributed by atoms with Gasteiger partial charge in [0.2, 0.25) is 0 Å². The molecule has 0 heterocycles. The fraction of sp³-hybridized carbons (Fsp3) is 0.533. The minimum atomic E-state index is 0.0373. The summed E-state index contributed by atoms with van der Waals surface area (Å²) in [5.74, 6) is 0.0373. The van der Waals surface area contributed by atoms with Gasteiger partial charge in [-0.05, 0) is 42.5 Å². The lowest BCUT2D eigenvalue weighted by atomic mass is 10.1. The highest BCUT2D eigenvalue weighted by Crippen LogP contribution is 2.22. The van der Waals surface area contributed by atoms with Gasteiger partial charge >= 0.3 is 0 Å². The van der Waals surface area contributed by atoms with Crippen molar-refractivity contribution in [3.05, 3.63) is 34.9 Å². The Labute approximate surface area is 109 Å². The van der Waals surface area contributed by atoms with E-state index in [4.69, 9.17) is 0 Å². The molecule has 1 amide bonds. The first kappa shape index (κ1) is 13.1. The number of amides is 1. The maximum Gasteiger partial charge on any atom is 0.251 e. The monoisotopic (exact) mass is 246 g/mol. The first-order valence-corrected chi connectivity index (χ1v) is 6.80. The predicted molar refractivity (Wildman–Crippen MR) is 73.9 cm³/mol. The number of rotatable bonds is 5. The summed E-state index contributed by atoms with van der Waals surface area (Å²) in [7, 11) is 0. The molecular weight excluding hydrogens is 224 g/mol. The van der Waals surface area contributed by atoms with Crippen LogP contribution in [0.4, 0.5) is 0 Å². The molecule has 0 saturated heterocycles. The highest BCUT2D eigenvalue weighted by atomic mass is 16.1. The van der Waals surface area contributed by atoms with Crippen LogP contribution in [0.5, 0.6) is 0 Å². The SMILES string of the molecule is CC(C)NCCNC(=O)c1ccc2c(c1)CCC2. The normalized spacial score (nSPS) is 13.7. The lowest BCUT2D eigenvalue weighted by Crippen LogP contribution is -2.34. The second kappa shape index (κ2) is 6.01. The van der Waals surface area contributed by atoms with Crippen LogP contribution in [0.25, 0.3) is 0 Å². The molecule has 3 heteroatoms. The largest absolute Gasteiger partial charge is 0.351 e. The first-order valence-electron chi connectivity index (χ1n) is 6.80. The van der Waals surface area contributed by atoms with E-state index in [1.165, 1.54) is 17.5 Å². The molecule has 0 atom stereocenters. The van der Waals surface area contributed by atoms with Crippen LogP contribution in [0, 0.1) is 0 Å². The van der Waals surface area contributed by atoms with Crippen molar-refractivity contribution in [1.29, 1.82) is 0 Å². The second-order valence-electron chi connectivity index (χ2n) is 5.20. The highest BCUT2D eigenvalue weighted by molar-refractivity contribution is 5.94. The van der Waals surface area contributed by atoms with E-state index in [9.17, 15) is 4.79 Å². The van der Waals surface area contributed by atoms with Gasteiger partial charge in [0.15, 0.2) is 0 Å². The standard InChI is InChI=1S/C15H22N2O/c1-11(2)16-8-9-17-15(18)14-7-6-12-4-3-5-13(12)10-14/h6-7,10-11,16H,3-5,8-9H2,1-2H3,(H,17,18). The Morgan fingerprint density at radius 1 is 1.22 bits per heavy atom. The molecule has 0 aliphatic heterocycles. The van der Waals surface area contributed by atoms with Crippen molar-refractivity contribution in [2.45, 2.75) is 39.2 Å². The molecule has 1 aliphatic carbocycles. The average molecular weight is 246 g/mol. The zero-order chi connectivity index (χ0) is 13.0. The van der Waals surface area contributed by atoms with Crippen LogP contribution in [-0.2, 0) is 12.8 Å². The van der Waals surface area contributed by atoms with Crippen LogP contribution in [0.1, 0.15) is 41.8 Å². The molecule has 3 nitrogen and oxygen atoms in total. The van der Waals surface area contributed by atoms with Gasteiger partial charge in [0.25, 0.3) is 5.91 Å². The van der Waals surface area contributed by atoms with Crippen molar-refractivity contribution in [1.82, 2.24) is 10.6 Å². The summed E-state index contributed by atoms with van der Waals surface area (Å²) in [6.07, 6.45) is 3.50. The van der Waals surface area contributed by atoms with Crippen LogP contribution in [0.15, 0.2) is 18.2 Å². The predicted octanol–water partition coefficient (Wildman–Crippen LogP) is 1.90. The number of nitrogens with one attached hydrogen (secondary N) is 2. The zero-order valence-corrected chi connectivity index (χ0v) is 11.3. The lowest BCUT2D eigenvalue weighted by Gasteiger charge is -2.09. The number of hydrogen-bond acceptors (Lipinski definition) is 2. The third-order valence-corrected chi connectivity index (χ3v) is 3.32. The summed E-state index contributed by atoms with van der Waals surface area (Å²) < 4.78 is 0. The molecule has 0 aromatic heterocycles. The van der Waals surface area contributed by atoms with E-state index in [0.29, 0.717) is 12.6 Å². The number of carbonyl (C=O) groups excluding carboxylic acids is 1. The Morgan fingerprint density at radius 2 is 2.00 bits per heavy atom. The summed E-state index contributed by atoms with van der Waals surface area (Å²) in [6.45, 7) is 5.69. The van der Waals surface area contributed by atoms with Crippen molar-refractivity contribution in [2.24, 2.45) is 0 Å². The summed E-state index contributed by atoms with van der Waals surface area (Å²) >= 11 is 0. The lowest BCUT2D eigenvalue weighted by molar-refractivity contribution is 0.0953. The van der Waals surface area contributed by atoms with Gasteiger partial charge in [-0.2, -0.15) is 0 Å². The van der Waals surface area contributed by atoms with Gasteiger partial charge in [0, 0.05) is 24.7 Å². The minimum Gasteiger partial charge on any atom is -0.351 e. The smallest absolute Gasteiger partial charge is 0.251 e. The molecule has 2 N–H and O–H groups in total. The van der Waals surface area contributed by atoms with Crippen LogP contribution in [0.2, 0.25) is 0 Å². The third kappa shape index (κ3) is 3.33. The average Bonchev–Trinajstić information content (AvgIpc) is 2.81. The molecule has 0 fully saturated rings. The number of fused-ring (bicyclic) bond motifs is 1. The van der Waals surface area contributed by atoms with E-state index in [1.807, 2.05) is 12.1 Å². The van der Waals surface area contributed by atoms with Gasteiger partial charge in [0.1, 0.15) is 0 Å². The maximum atomic E-state index is 12.0. The molecule has 18 heavy (non-hydrogen) atoms. The summed E-state index contributed by atoms with van der Waals surface area (Å²) in [5.41, 5.74) is 3.55. The van der Waals surface area contributed by atoms with E-state index < -0.39 is 0 Å². The van der Waals surface area contributed by atoms with Crippen molar-refractivity contribution in [2.75, 3.05) is 13.1 Å².